The molecule has 2 rings (SSSR count). The molecule has 1 aliphatic heterocycles. The first kappa shape index (κ1) is 14.3. The third kappa shape index (κ3) is 3.44. The molecule has 1 atom stereocenters. The number of carbonyl (C=O) groups is 1. The SMILES string of the molecule is Cc1cc(Cl)nc(CN2CC(C(C)(C)C)CC2=O)n1. The lowest BCUT2D eigenvalue weighted by molar-refractivity contribution is -0.128. The van der Waals surface area contributed by atoms with Crippen molar-refractivity contribution in [3.63, 3.8) is 0 Å². The Morgan fingerprint density at radius 2 is 2.11 bits per heavy atom. The molecule has 1 aromatic heterocycles. The minimum Gasteiger partial charge on any atom is -0.335 e. The quantitative estimate of drug-likeness (QED) is 0.783. The van der Waals surface area contributed by atoms with Crippen LogP contribution in [0.2, 0.25) is 5.15 Å². The smallest absolute Gasteiger partial charge is 0.223 e. The van der Waals surface area contributed by atoms with Gasteiger partial charge in [0.25, 0.3) is 0 Å². The van der Waals surface area contributed by atoms with Crippen LogP contribution in [-0.4, -0.2) is 27.3 Å². The summed E-state index contributed by atoms with van der Waals surface area (Å²) in [6.07, 6.45) is 0.614. The highest BCUT2D eigenvalue weighted by Gasteiger charge is 2.36. The molecule has 0 aromatic carbocycles. The zero-order chi connectivity index (χ0) is 14.2. The first-order valence-electron chi connectivity index (χ1n) is 6.53. The van der Waals surface area contributed by atoms with Gasteiger partial charge in [-0.2, -0.15) is 0 Å². The van der Waals surface area contributed by atoms with Gasteiger partial charge in [-0.15, -0.1) is 0 Å². The molecule has 104 valence electrons. The Morgan fingerprint density at radius 3 is 2.63 bits per heavy atom. The first-order valence-corrected chi connectivity index (χ1v) is 6.91. The minimum atomic E-state index is 0.148. The van der Waals surface area contributed by atoms with Gasteiger partial charge in [0.05, 0.1) is 6.54 Å². The highest BCUT2D eigenvalue weighted by atomic mass is 35.5. The Morgan fingerprint density at radius 1 is 1.42 bits per heavy atom. The van der Waals surface area contributed by atoms with Crippen molar-refractivity contribution in [1.29, 1.82) is 0 Å². The standard InChI is InChI=1S/C14H20ClN3O/c1-9-5-11(15)17-12(16-9)8-18-7-10(6-13(18)19)14(2,3)4/h5,10H,6-8H2,1-4H3. The molecule has 1 saturated heterocycles. The van der Waals surface area contributed by atoms with Crippen LogP contribution < -0.4 is 0 Å². The van der Waals surface area contributed by atoms with Gasteiger partial charge < -0.3 is 4.90 Å². The maximum absolute atomic E-state index is 12.0. The van der Waals surface area contributed by atoms with Crippen molar-refractivity contribution in [1.82, 2.24) is 14.9 Å². The fourth-order valence-electron chi connectivity index (χ4n) is 2.34. The summed E-state index contributed by atoms with van der Waals surface area (Å²) in [4.78, 5) is 22.4. The first-order chi connectivity index (χ1) is 8.75. The van der Waals surface area contributed by atoms with Gasteiger partial charge in [-0.3, -0.25) is 4.79 Å². The lowest BCUT2D eigenvalue weighted by Gasteiger charge is -2.26. The largest absolute Gasteiger partial charge is 0.335 e. The number of hydrogen-bond donors (Lipinski definition) is 0. The molecular weight excluding hydrogens is 262 g/mol. The number of rotatable bonds is 2. The van der Waals surface area contributed by atoms with Gasteiger partial charge in [0.15, 0.2) is 0 Å². The molecule has 0 radical (unpaired) electrons. The Balaban J connectivity index is 2.10. The van der Waals surface area contributed by atoms with Crippen LogP contribution in [0.1, 0.15) is 38.7 Å². The third-order valence-electron chi connectivity index (χ3n) is 3.64. The zero-order valence-corrected chi connectivity index (χ0v) is 12.7. The highest BCUT2D eigenvalue weighted by molar-refractivity contribution is 6.29. The van der Waals surface area contributed by atoms with Gasteiger partial charge in [0, 0.05) is 18.7 Å². The Labute approximate surface area is 119 Å². The number of aromatic nitrogens is 2. The van der Waals surface area contributed by atoms with E-state index in [0.717, 1.165) is 12.2 Å². The molecule has 0 bridgehead atoms. The number of hydrogen-bond acceptors (Lipinski definition) is 3. The number of nitrogens with zero attached hydrogens (tertiary/aromatic N) is 3. The van der Waals surface area contributed by atoms with Gasteiger partial charge in [-0.05, 0) is 24.3 Å². The van der Waals surface area contributed by atoms with E-state index in [1.807, 2.05) is 11.8 Å². The van der Waals surface area contributed by atoms with Gasteiger partial charge in [-0.1, -0.05) is 32.4 Å². The van der Waals surface area contributed by atoms with Gasteiger partial charge in [-0.25, -0.2) is 9.97 Å². The average Bonchev–Trinajstić information content (AvgIpc) is 2.58. The van der Waals surface area contributed by atoms with Crippen molar-refractivity contribution in [2.24, 2.45) is 11.3 Å². The van der Waals surface area contributed by atoms with E-state index < -0.39 is 0 Å². The fraction of sp³-hybridized carbons (Fsp3) is 0.643. The molecule has 0 aliphatic carbocycles. The summed E-state index contributed by atoms with van der Waals surface area (Å²) >= 11 is 5.92. The van der Waals surface area contributed by atoms with E-state index in [0.29, 0.717) is 29.9 Å². The van der Waals surface area contributed by atoms with Crippen molar-refractivity contribution >= 4 is 17.5 Å². The Hall–Kier alpha value is -1.16. The Bertz CT molecular complexity index is 476. The Kier molecular flexibility index (Phi) is 3.81. The van der Waals surface area contributed by atoms with Crippen molar-refractivity contribution in [3.8, 4) is 0 Å². The summed E-state index contributed by atoms with van der Waals surface area (Å²) in [7, 11) is 0. The summed E-state index contributed by atoms with van der Waals surface area (Å²) in [5, 5.41) is 0.432. The van der Waals surface area contributed by atoms with Crippen molar-refractivity contribution < 1.29 is 4.79 Å². The van der Waals surface area contributed by atoms with Gasteiger partial charge in [0.2, 0.25) is 5.91 Å². The molecule has 19 heavy (non-hydrogen) atoms. The molecule has 5 heteroatoms. The fourth-order valence-corrected chi connectivity index (χ4v) is 2.59. The van der Waals surface area contributed by atoms with E-state index in [2.05, 4.69) is 30.7 Å². The van der Waals surface area contributed by atoms with Crippen LogP contribution in [0.25, 0.3) is 0 Å². The van der Waals surface area contributed by atoms with Crippen LogP contribution in [0.5, 0.6) is 0 Å². The van der Waals surface area contributed by atoms with Gasteiger partial charge >= 0.3 is 0 Å². The number of likely N-dealkylation sites (tertiary alicyclic amines) is 1. The maximum atomic E-state index is 12.0. The molecule has 1 unspecified atom stereocenters. The third-order valence-corrected chi connectivity index (χ3v) is 3.83. The van der Waals surface area contributed by atoms with Crippen molar-refractivity contribution in [2.75, 3.05) is 6.54 Å². The number of halogens is 1. The summed E-state index contributed by atoms with van der Waals surface area (Å²) in [6.45, 7) is 9.63. The van der Waals surface area contributed by atoms with Crippen LogP contribution in [-0.2, 0) is 11.3 Å². The second kappa shape index (κ2) is 5.08. The molecule has 1 amide bonds. The lowest BCUT2D eigenvalue weighted by atomic mass is 9.80. The van der Waals surface area contributed by atoms with E-state index in [-0.39, 0.29) is 11.3 Å². The van der Waals surface area contributed by atoms with E-state index >= 15 is 0 Å². The van der Waals surface area contributed by atoms with E-state index in [4.69, 9.17) is 11.6 Å². The van der Waals surface area contributed by atoms with E-state index in [9.17, 15) is 4.79 Å². The lowest BCUT2D eigenvalue weighted by Crippen LogP contribution is -2.28. The van der Waals surface area contributed by atoms with Gasteiger partial charge in [0.1, 0.15) is 11.0 Å². The zero-order valence-electron chi connectivity index (χ0n) is 11.9. The minimum absolute atomic E-state index is 0.148. The van der Waals surface area contributed by atoms with Crippen LogP contribution >= 0.6 is 11.6 Å². The van der Waals surface area contributed by atoms with Crippen LogP contribution in [0.15, 0.2) is 6.07 Å². The predicted octanol–water partition coefficient (Wildman–Crippen LogP) is 2.83. The molecule has 0 N–H and O–H groups in total. The van der Waals surface area contributed by atoms with Crippen molar-refractivity contribution in [2.45, 2.75) is 40.7 Å². The number of carbonyl (C=O) groups excluding carboxylic acids is 1. The summed E-state index contributed by atoms with van der Waals surface area (Å²) in [5.74, 6) is 1.19. The molecule has 1 fully saturated rings. The maximum Gasteiger partial charge on any atom is 0.223 e. The second-order valence-electron chi connectivity index (χ2n) is 6.29. The second-order valence-corrected chi connectivity index (χ2v) is 6.68. The molecule has 1 aliphatic rings. The normalized spacial score (nSPS) is 20.2. The molecular formula is C14H20ClN3O. The van der Waals surface area contributed by atoms with Crippen LogP contribution in [0.4, 0.5) is 0 Å². The molecule has 1 aromatic rings. The van der Waals surface area contributed by atoms with Crippen LogP contribution in [0, 0.1) is 18.3 Å². The molecule has 2 heterocycles. The molecule has 4 nitrogen and oxygen atoms in total. The summed E-state index contributed by atoms with van der Waals surface area (Å²) in [6, 6.07) is 1.72. The van der Waals surface area contributed by atoms with E-state index in [1.54, 1.807) is 6.07 Å². The monoisotopic (exact) mass is 281 g/mol. The topological polar surface area (TPSA) is 46.1 Å². The summed E-state index contributed by atoms with van der Waals surface area (Å²) < 4.78 is 0. The predicted molar refractivity (Wildman–Crippen MR) is 74.8 cm³/mol. The van der Waals surface area contributed by atoms with Crippen LogP contribution in [0.3, 0.4) is 0 Å². The summed E-state index contributed by atoms with van der Waals surface area (Å²) in [5.41, 5.74) is 0.976. The molecule has 0 spiro atoms. The van der Waals surface area contributed by atoms with E-state index in [1.165, 1.54) is 0 Å². The van der Waals surface area contributed by atoms with Crippen molar-refractivity contribution in [3.05, 3.63) is 22.7 Å². The average molecular weight is 282 g/mol. The number of aryl methyl sites for hydroxylation is 1. The molecule has 0 saturated carbocycles. The number of amides is 1. The highest BCUT2D eigenvalue weighted by Crippen LogP contribution is 2.34.